The van der Waals surface area contributed by atoms with E-state index in [4.69, 9.17) is 14.4 Å². The Morgan fingerprint density at radius 3 is 2.57 bits per heavy atom. The number of aromatic nitrogens is 2. The third-order valence-corrected chi connectivity index (χ3v) is 4.94. The van der Waals surface area contributed by atoms with Gasteiger partial charge < -0.3 is 14.2 Å². The number of anilines is 1. The van der Waals surface area contributed by atoms with Crippen LogP contribution in [0.25, 0.3) is 22.0 Å². The zero-order valence-corrected chi connectivity index (χ0v) is 13.8. The van der Waals surface area contributed by atoms with Gasteiger partial charge in [0.25, 0.3) is 0 Å². The van der Waals surface area contributed by atoms with Crippen molar-refractivity contribution in [3.63, 3.8) is 0 Å². The summed E-state index contributed by atoms with van der Waals surface area (Å²) < 4.78 is 5.54. The van der Waals surface area contributed by atoms with E-state index in [1.165, 1.54) is 0 Å². The maximum atomic E-state index is 5.54. The van der Waals surface area contributed by atoms with Gasteiger partial charge in [-0.05, 0) is 36.7 Å². The molecule has 4 heterocycles. The second kappa shape index (κ2) is 6.14. The molecule has 23 heavy (non-hydrogen) atoms. The largest absolute Gasteiger partial charge is 0.463 e. The number of hydrogen-bond donors (Lipinski definition) is 0. The van der Waals surface area contributed by atoms with Crippen LogP contribution >= 0.6 is 11.3 Å². The lowest BCUT2D eigenvalue weighted by atomic mass is 10.2. The average molecular weight is 326 g/mol. The molecule has 118 valence electrons. The number of likely N-dealkylation sites (N-methyl/N-ethyl adjacent to an activating group) is 1. The molecule has 0 aliphatic carbocycles. The number of thiophene rings is 1. The highest BCUT2D eigenvalue weighted by molar-refractivity contribution is 7.13. The van der Waals surface area contributed by atoms with Crippen molar-refractivity contribution in [3.05, 3.63) is 42.0 Å². The molecular formula is C17H18N4OS. The van der Waals surface area contributed by atoms with Crippen molar-refractivity contribution < 1.29 is 4.42 Å². The molecule has 0 amide bonds. The predicted octanol–water partition coefficient (Wildman–Crippen LogP) is 3.22. The fourth-order valence-electron chi connectivity index (χ4n) is 2.68. The van der Waals surface area contributed by atoms with Crippen molar-refractivity contribution in [1.29, 1.82) is 0 Å². The van der Waals surface area contributed by atoms with E-state index in [0.717, 1.165) is 54.2 Å². The van der Waals surface area contributed by atoms with Crippen molar-refractivity contribution in [3.8, 4) is 22.0 Å². The van der Waals surface area contributed by atoms with Gasteiger partial charge in [0.05, 0.1) is 16.8 Å². The lowest BCUT2D eigenvalue weighted by molar-refractivity contribution is 0.311. The summed E-state index contributed by atoms with van der Waals surface area (Å²) in [6.45, 7) is 3.95. The van der Waals surface area contributed by atoms with E-state index in [2.05, 4.69) is 28.3 Å². The van der Waals surface area contributed by atoms with Crippen LogP contribution in [-0.4, -0.2) is 48.1 Å². The van der Waals surface area contributed by atoms with Crippen LogP contribution in [0.4, 0.5) is 5.95 Å². The maximum Gasteiger partial charge on any atom is 0.226 e. The quantitative estimate of drug-likeness (QED) is 0.739. The Morgan fingerprint density at radius 2 is 1.87 bits per heavy atom. The molecule has 0 unspecified atom stereocenters. The molecular weight excluding hydrogens is 308 g/mol. The summed E-state index contributed by atoms with van der Waals surface area (Å²) in [5.41, 5.74) is 1.79. The lowest BCUT2D eigenvalue weighted by Crippen LogP contribution is -2.45. The van der Waals surface area contributed by atoms with Gasteiger partial charge >= 0.3 is 0 Å². The van der Waals surface area contributed by atoms with Crippen molar-refractivity contribution in [2.24, 2.45) is 0 Å². The summed E-state index contributed by atoms with van der Waals surface area (Å²) in [5, 5.41) is 2.07. The average Bonchev–Trinajstić information content (AvgIpc) is 3.29. The maximum absolute atomic E-state index is 5.54. The number of nitrogens with zero attached hydrogens (tertiary/aromatic N) is 4. The van der Waals surface area contributed by atoms with Gasteiger partial charge in [0.15, 0.2) is 5.76 Å². The van der Waals surface area contributed by atoms with E-state index in [1.807, 2.05) is 24.3 Å². The zero-order chi connectivity index (χ0) is 15.6. The minimum absolute atomic E-state index is 0.778. The first-order valence-corrected chi connectivity index (χ1v) is 8.58. The van der Waals surface area contributed by atoms with Gasteiger partial charge in [-0.3, -0.25) is 0 Å². The van der Waals surface area contributed by atoms with Crippen LogP contribution in [-0.2, 0) is 0 Å². The SMILES string of the molecule is CN1CCN(c2nc(-c3ccco3)cc(-c3cccs3)n2)CC1. The van der Waals surface area contributed by atoms with Crippen LogP contribution in [0.1, 0.15) is 0 Å². The second-order valence-corrected chi connectivity index (χ2v) is 6.63. The van der Waals surface area contributed by atoms with Gasteiger partial charge in [0.1, 0.15) is 5.69 Å². The first-order valence-electron chi connectivity index (χ1n) is 7.70. The predicted molar refractivity (Wildman–Crippen MR) is 92.8 cm³/mol. The molecule has 3 aromatic rings. The standard InChI is InChI=1S/C17H18N4OS/c1-20-6-8-21(9-7-20)17-18-13(15-4-2-10-22-15)12-14(19-17)16-5-3-11-23-16/h2-5,10-12H,6-9H2,1H3. The molecule has 1 saturated heterocycles. The van der Waals surface area contributed by atoms with E-state index in [9.17, 15) is 0 Å². The Bertz CT molecular complexity index is 710. The van der Waals surface area contributed by atoms with Gasteiger partial charge in [-0.1, -0.05) is 6.07 Å². The first kappa shape index (κ1) is 14.4. The Morgan fingerprint density at radius 1 is 1.04 bits per heavy atom. The molecule has 0 saturated carbocycles. The van der Waals surface area contributed by atoms with E-state index in [0.29, 0.717) is 0 Å². The van der Waals surface area contributed by atoms with E-state index in [1.54, 1.807) is 17.6 Å². The third-order valence-electron chi connectivity index (χ3n) is 4.05. The number of hydrogen-bond acceptors (Lipinski definition) is 6. The van der Waals surface area contributed by atoms with Crippen molar-refractivity contribution in [2.75, 3.05) is 38.1 Å². The first-order chi connectivity index (χ1) is 11.3. The Balaban J connectivity index is 1.76. The van der Waals surface area contributed by atoms with Crippen LogP contribution < -0.4 is 4.90 Å². The van der Waals surface area contributed by atoms with Crippen molar-refractivity contribution in [1.82, 2.24) is 14.9 Å². The van der Waals surface area contributed by atoms with Gasteiger partial charge in [-0.2, -0.15) is 0 Å². The molecule has 1 aliphatic rings. The molecule has 0 radical (unpaired) electrons. The minimum atomic E-state index is 0.778. The molecule has 0 bridgehead atoms. The van der Waals surface area contributed by atoms with Gasteiger partial charge in [0.2, 0.25) is 5.95 Å². The second-order valence-electron chi connectivity index (χ2n) is 5.68. The molecule has 6 heteroatoms. The Labute approximate surface area is 139 Å². The van der Waals surface area contributed by atoms with Gasteiger partial charge in [0, 0.05) is 26.2 Å². The smallest absolute Gasteiger partial charge is 0.226 e. The van der Waals surface area contributed by atoms with Gasteiger partial charge in [-0.15, -0.1) is 11.3 Å². The molecule has 5 nitrogen and oxygen atoms in total. The zero-order valence-electron chi connectivity index (χ0n) is 13.0. The summed E-state index contributed by atoms with van der Waals surface area (Å²) in [6, 6.07) is 9.97. The number of furan rings is 1. The monoisotopic (exact) mass is 326 g/mol. The van der Waals surface area contributed by atoms with Crippen LogP contribution in [0.15, 0.2) is 46.4 Å². The summed E-state index contributed by atoms with van der Waals surface area (Å²) in [5.74, 6) is 1.57. The normalized spacial score (nSPS) is 16.0. The summed E-state index contributed by atoms with van der Waals surface area (Å²) in [7, 11) is 2.15. The lowest BCUT2D eigenvalue weighted by Gasteiger charge is -2.32. The topological polar surface area (TPSA) is 45.4 Å². The van der Waals surface area contributed by atoms with Crippen LogP contribution in [0.2, 0.25) is 0 Å². The summed E-state index contributed by atoms with van der Waals surface area (Å²) in [6.07, 6.45) is 1.68. The summed E-state index contributed by atoms with van der Waals surface area (Å²) >= 11 is 1.69. The Kier molecular flexibility index (Phi) is 3.85. The minimum Gasteiger partial charge on any atom is -0.463 e. The molecule has 1 aliphatic heterocycles. The highest BCUT2D eigenvalue weighted by Gasteiger charge is 2.19. The van der Waals surface area contributed by atoms with Crippen LogP contribution in [0.5, 0.6) is 0 Å². The van der Waals surface area contributed by atoms with Gasteiger partial charge in [-0.25, -0.2) is 9.97 Å². The molecule has 3 aromatic heterocycles. The molecule has 0 aromatic carbocycles. The van der Waals surface area contributed by atoms with Crippen molar-refractivity contribution in [2.45, 2.75) is 0 Å². The molecule has 0 spiro atoms. The highest BCUT2D eigenvalue weighted by Crippen LogP contribution is 2.29. The number of rotatable bonds is 3. The summed E-state index contributed by atoms with van der Waals surface area (Å²) in [4.78, 5) is 15.3. The molecule has 0 atom stereocenters. The number of piperazine rings is 1. The molecule has 0 N–H and O–H groups in total. The third kappa shape index (κ3) is 3.00. The van der Waals surface area contributed by atoms with Crippen LogP contribution in [0, 0.1) is 0 Å². The van der Waals surface area contributed by atoms with E-state index >= 15 is 0 Å². The Hall–Kier alpha value is -2.18. The molecule has 1 fully saturated rings. The fraction of sp³-hybridized carbons (Fsp3) is 0.294. The molecule has 4 rings (SSSR count). The highest BCUT2D eigenvalue weighted by atomic mass is 32.1. The van der Waals surface area contributed by atoms with Crippen molar-refractivity contribution >= 4 is 17.3 Å². The van der Waals surface area contributed by atoms with E-state index < -0.39 is 0 Å². The van der Waals surface area contributed by atoms with E-state index in [-0.39, 0.29) is 0 Å². The van der Waals surface area contributed by atoms with Crippen LogP contribution in [0.3, 0.4) is 0 Å². The fourth-order valence-corrected chi connectivity index (χ4v) is 3.37.